The van der Waals surface area contributed by atoms with E-state index in [1.54, 1.807) is 13.8 Å². The number of carbonyl (C=O) groups is 3. The molecule has 1 fully saturated rings. The standard InChI is InChI=1S/C30H30N4O5S/c1-15-9-8-14-33-17(3)21(32-26(15)33)23(35)20-22(18-10-12-19(13-11-18)30(4,5)6)34(27(37)24(20)36)29-31-16(2)25(40-29)28(38)39-7/h8-14,22,35H,1-7H3. The predicted molar refractivity (Wildman–Crippen MR) is 153 cm³/mol. The zero-order chi connectivity index (χ0) is 29.1. The maximum Gasteiger partial charge on any atom is 0.350 e. The summed E-state index contributed by atoms with van der Waals surface area (Å²) < 4.78 is 6.70. The first-order chi connectivity index (χ1) is 18.8. The van der Waals surface area contributed by atoms with E-state index in [2.05, 4.69) is 30.7 Å². The molecule has 1 atom stereocenters. The van der Waals surface area contributed by atoms with Crippen LogP contribution in [0.5, 0.6) is 0 Å². The highest BCUT2D eigenvalue weighted by atomic mass is 32.1. The number of ketones is 1. The number of aryl methyl sites for hydroxylation is 3. The number of esters is 1. The second-order valence-electron chi connectivity index (χ2n) is 10.9. The van der Waals surface area contributed by atoms with Crippen LogP contribution in [0.25, 0.3) is 11.4 Å². The molecule has 1 aliphatic rings. The molecule has 0 saturated carbocycles. The van der Waals surface area contributed by atoms with Gasteiger partial charge in [0, 0.05) is 6.20 Å². The van der Waals surface area contributed by atoms with Crippen molar-refractivity contribution in [2.45, 2.75) is 53.0 Å². The van der Waals surface area contributed by atoms with Gasteiger partial charge < -0.3 is 14.2 Å². The van der Waals surface area contributed by atoms with Gasteiger partial charge in [-0.1, -0.05) is 62.4 Å². The second kappa shape index (κ2) is 9.71. The molecular weight excluding hydrogens is 528 g/mol. The van der Waals surface area contributed by atoms with Crippen molar-refractivity contribution in [1.29, 1.82) is 0 Å². The zero-order valence-electron chi connectivity index (χ0n) is 23.4. The highest BCUT2D eigenvalue weighted by Crippen LogP contribution is 2.44. The van der Waals surface area contributed by atoms with Crippen LogP contribution in [0.4, 0.5) is 5.13 Å². The van der Waals surface area contributed by atoms with Gasteiger partial charge in [-0.3, -0.25) is 14.5 Å². The number of carbonyl (C=O) groups excluding carboxylic acids is 3. The van der Waals surface area contributed by atoms with Crippen LogP contribution >= 0.6 is 11.3 Å². The molecular formula is C30H30N4O5S. The van der Waals surface area contributed by atoms with Crippen molar-refractivity contribution >= 4 is 45.5 Å². The average Bonchev–Trinajstić information content (AvgIpc) is 3.55. The summed E-state index contributed by atoms with van der Waals surface area (Å²) in [4.78, 5) is 50.1. The molecule has 40 heavy (non-hydrogen) atoms. The van der Waals surface area contributed by atoms with Crippen LogP contribution in [0.2, 0.25) is 0 Å². The quantitative estimate of drug-likeness (QED) is 0.154. The lowest BCUT2D eigenvalue weighted by Gasteiger charge is -2.24. The second-order valence-corrected chi connectivity index (χ2v) is 11.9. The number of anilines is 1. The van der Waals surface area contributed by atoms with Crippen molar-refractivity contribution in [2.24, 2.45) is 0 Å². The molecule has 0 radical (unpaired) electrons. The molecule has 1 aromatic carbocycles. The molecule has 9 nitrogen and oxygen atoms in total. The SMILES string of the molecule is COC(=O)c1sc(N2C(=O)C(=O)C(=C(O)c3nc4c(C)cccn4c3C)C2c2ccc(C(C)(C)C)cc2)nc1C. The minimum absolute atomic E-state index is 0.0925. The lowest BCUT2D eigenvalue weighted by atomic mass is 9.85. The number of aliphatic hydroxyl groups is 1. The van der Waals surface area contributed by atoms with Crippen LogP contribution in [0.3, 0.4) is 0 Å². The van der Waals surface area contributed by atoms with Gasteiger partial charge in [-0.2, -0.15) is 0 Å². The zero-order valence-corrected chi connectivity index (χ0v) is 24.2. The van der Waals surface area contributed by atoms with Gasteiger partial charge in [0.15, 0.2) is 10.9 Å². The van der Waals surface area contributed by atoms with E-state index in [4.69, 9.17) is 4.74 Å². The van der Waals surface area contributed by atoms with E-state index < -0.39 is 23.7 Å². The highest BCUT2D eigenvalue weighted by molar-refractivity contribution is 7.17. The summed E-state index contributed by atoms with van der Waals surface area (Å²) in [6, 6.07) is 10.4. The number of thiazole rings is 1. The molecule has 5 rings (SSSR count). The first-order valence-electron chi connectivity index (χ1n) is 12.8. The van der Waals surface area contributed by atoms with Gasteiger partial charge in [-0.15, -0.1) is 0 Å². The van der Waals surface area contributed by atoms with E-state index in [0.717, 1.165) is 22.5 Å². The molecule has 3 aromatic heterocycles. The number of ether oxygens (including phenoxy) is 1. The maximum atomic E-state index is 13.6. The van der Waals surface area contributed by atoms with Gasteiger partial charge in [-0.25, -0.2) is 14.8 Å². The third-order valence-electron chi connectivity index (χ3n) is 7.21. The fourth-order valence-electron chi connectivity index (χ4n) is 4.95. The average molecular weight is 559 g/mol. The monoisotopic (exact) mass is 558 g/mol. The van der Waals surface area contributed by atoms with Gasteiger partial charge in [0.1, 0.15) is 16.2 Å². The number of imidazole rings is 1. The largest absolute Gasteiger partial charge is 0.505 e. The number of aliphatic hydroxyl groups excluding tert-OH is 1. The fraction of sp³-hybridized carbons (Fsp3) is 0.300. The molecule has 1 aliphatic heterocycles. The third kappa shape index (κ3) is 4.28. The first kappa shape index (κ1) is 27.3. The first-order valence-corrected chi connectivity index (χ1v) is 13.6. The molecule has 4 aromatic rings. The summed E-state index contributed by atoms with van der Waals surface area (Å²) in [7, 11) is 1.27. The molecule has 0 spiro atoms. The van der Waals surface area contributed by atoms with E-state index in [1.807, 2.05) is 53.9 Å². The smallest absolute Gasteiger partial charge is 0.350 e. The van der Waals surface area contributed by atoms with E-state index in [9.17, 15) is 19.5 Å². The van der Waals surface area contributed by atoms with Crippen LogP contribution in [0, 0.1) is 20.8 Å². The number of nitrogens with zero attached hydrogens (tertiary/aromatic N) is 4. The van der Waals surface area contributed by atoms with Crippen LogP contribution in [0.15, 0.2) is 48.2 Å². The van der Waals surface area contributed by atoms with Crippen molar-refractivity contribution in [3.8, 4) is 0 Å². The summed E-state index contributed by atoms with van der Waals surface area (Å²) in [5.74, 6) is -2.66. The van der Waals surface area contributed by atoms with Crippen LogP contribution in [0.1, 0.15) is 70.3 Å². The number of fused-ring (bicyclic) bond motifs is 1. The Morgan fingerprint density at radius 1 is 1.05 bits per heavy atom. The van der Waals surface area contributed by atoms with Crippen molar-refractivity contribution in [3.05, 3.63) is 86.8 Å². The van der Waals surface area contributed by atoms with Gasteiger partial charge in [0.25, 0.3) is 5.78 Å². The summed E-state index contributed by atoms with van der Waals surface area (Å²) in [5, 5.41) is 11.8. The molecule has 10 heteroatoms. The van der Waals surface area contributed by atoms with E-state index in [0.29, 0.717) is 22.6 Å². The molecule has 0 bridgehead atoms. The van der Waals surface area contributed by atoms with Crippen molar-refractivity contribution in [3.63, 3.8) is 0 Å². The number of aromatic nitrogens is 3. The molecule has 1 saturated heterocycles. The normalized spacial score (nSPS) is 17.2. The summed E-state index contributed by atoms with van der Waals surface area (Å²) in [6.45, 7) is 11.6. The Labute approximate surface area is 235 Å². The van der Waals surface area contributed by atoms with Crippen LogP contribution in [-0.2, 0) is 19.7 Å². The van der Waals surface area contributed by atoms with Gasteiger partial charge in [0.2, 0.25) is 0 Å². The molecule has 0 aliphatic carbocycles. The third-order valence-corrected chi connectivity index (χ3v) is 8.34. The fourth-order valence-corrected chi connectivity index (χ4v) is 5.96. The highest BCUT2D eigenvalue weighted by Gasteiger charge is 2.49. The van der Waals surface area contributed by atoms with Gasteiger partial charge in [-0.05, 0) is 48.9 Å². The van der Waals surface area contributed by atoms with Crippen molar-refractivity contribution in [1.82, 2.24) is 14.4 Å². The van der Waals surface area contributed by atoms with Gasteiger partial charge >= 0.3 is 11.9 Å². The Balaban J connectivity index is 1.75. The summed E-state index contributed by atoms with van der Waals surface area (Å²) >= 11 is 0.963. The number of methoxy groups -OCH3 is 1. The number of amides is 1. The molecule has 1 N–H and O–H groups in total. The molecule has 206 valence electrons. The Bertz CT molecular complexity index is 1720. The van der Waals surface area contributed by atoms with Crippen molar-refractivity contribution in [2.75, 3.05) is 12.0 Å². The Morgan fingerprint density at radius 3 is 2.33 bits per heavy atom. The van der Waals surface area contributed by atoms with E-state index >= 15 is 0 Å². The molecule has 1 amide bonds. The van der Waals surface area contributed by atoms with E-state index in [1.165, 1.54) is 12.0 Å². The number of Topliss-reactive ketones (excluding diaryl/α,β-unsaturated/α-hetero) is 1. The number of benzene rings is 1. The number of rotatable bonds is 4. The van der Waals surface area contributed by atoms with Crippen molar-refractivity contribution < 1.29 is 24.2 Å². The molecule has 4 heterocycles. The Hall–Kier alpha value is -4.31. The van der Waals surface area contributed by atoms with Crippen LogP contribution in [-0.4, -0.2) is 44.2 Å². The summed E-state index contributed by atoms with van der Waals surface area (Å²) in [5.41, 5.74) is 4.22. The lowest BCUT2D eigenvalue weighted by Crippen LogP contribution is -2.29. The van der Waals surface area contributed by atoms with E-state index in [-0.39, 0.29) is 32.4 Å². The molecule has 1 unspecified atom stereocenters. The van der Waals surface area contributed by atoms with Gasteiger partial charge in [0.05, 0.1) is 30.1 Å². The Morgan fingerprint density at radius 2 is 1.73 bits per heavy atom. The number of pyridine rings is 1. The predicted octanol–water partition coefficient (Wildman–Crippen LogP) is 5.43. The summed E-state index contributed by atoms with van der Waals surface area (Å²) in [6.07, 6.45) is 1.83. The minimum atomic E-state index is -0.990. The topological polar surface area (TPSA) is 114 Å². The number of hydrogen-bond donors (Lipinski definition) is 1. The minimum Gasteiger partial charge on any atom is -0.505 e. The Kier molecular flexibility index (Phi) is 6.62. The van der Waals surface area contributed by atoms with Crippen LogP contribution < -0.4 is 4.90 Å². The maximum absolute atomic E-state index is 13.6. The lowest BCUT2D eigenvalue weighted by molar-refractivity contribution is -0.132. The number of hydrogen-bond acceptors (Lipinski definition) is 8.